The van der Waals surface area contributed by atoms with E-state index >= 15 is 4.39 Å². The summed E-state index contributed by atoms with van der Waals surface area (Å²) in [5, 5.41) is 2.01. The third-order valence-corrected chi connectivity index (χ3v) is 11.0. The quantitative estimate of drug-likeness (QED) is 0.147. The second kappa shape index (κ2) is 13.3. The van der Waals surface area contributed by atoms with E-state index in [0.717, 1.165) is 57.0 Å². The van der Waals surface area contributed by atoms with E-state index < -0.39 is 11.4 Å². The maximum absolute atomic E-state index is 17.3. The average Bonchev–Trinajstić information content (AvgIpc) is 3.79. The second-order valence-electron chi connectivity index (χ2n) is 15.5. The van der Waals surface area contributed by atoms with Crippen LogP contribution in [0.25, 0.3) is 39.0 Å². The number of ether oxygens (including phenoxy) is 3. The summed E-state index contributed by atoms with van der Waals surface area (Å²) in [7, 11) is 1.55. The summed E-state index contributed by atoms with van der Waals surface area (Å²) in [6.07, 6.45) is 17.8. The van der Waals surface area contributed by atoms with Gasteiger partial charge in [-0.05, 0) is 102 Å². The first kappa shape index (κ1) is 34.3. The van der Waals surface area contributed by atoms with Crippen LogP contribution < -0.4 is 9.64 Å². The van der Waals surface area contributed by atoms with Crippen LogP contribution in [0.5, 0.6) is 5.75 Å². The number of carbonyl (C=O) groups is 1. The predicted octanol–water partition coefficient (Wildman–Crippen LogP) is 7.18. The Hall–Kier alpha value is -4.79. The number of aromatic nitrogens is 3. The molecule has 11 heteroatoms. The number of anilines is 1. The third-order valence-electron chi connectivity index (χ3n) is 11.0. The standard InChI is InChI=1S/C41H45FN6O4/c1-6-26-10-7-11-27-20-30(51-25-50-5)21-31(34(26)27)36-35(42)37-32(22-43-36)38(45-33(44-37)14-17-41-15-8-18-47(41)19-9-16-41)46-23-28-12-13-29(24-46)48(28)39(49)52-40(2,3)4/h1,7,10-11,14,17,20-22,28-29H,8-9,12-13,15-16,18-19,23-25H2,2-5H3/b17-14+. The molecule has 2 unspecified atom stereocenters. The molecule has 52 heavy (non-hydrogen) atoms. The van der Waals surface area contributed by atoms with Gasteiger partial charge in [0.15, 0.2) is 18.4 Å². The van der Waals surface area contributed by atoms with Crippen molar-refractivity contribution in [2.75, 3.05) is 45.0 Å². The number of benzene rings is 2. The molecule has 4 fully saturated rings. The van der Waals surface area contributed by atoms with E-state index in [1.165, 1.54) is 0 Å². The molecule has 0 radical (unpaired) electrons. The maximum atomic E-state index is 17.3. The molecule has 10 nitrogen and oxygen atoms in total. The van der Waals surface area contributed by atoms with Gasteiger partial charge in [0.2, 0.25) is 0 Å². The van der Waals surface area contributed by atoms with Gasteiger partial charge in [0.05, 0.1) is 17.5 Å². The SMILES string of the molecule is C#Cc1cccc2cc(OCOC)cc(-c3ncc4c(N5CC6CCC(C5)N6C(=O)OC(C)(C)C)nc(/C=C/C56CCCN5CCC6)nc4c3F)c12. The van der Waals surface area contributed by atoms with Crippen molar-refractivity contribution in [3.05, 3.63) is 59.8 Å². The Morgan fingerprint density at radius 3 is 2.56 bits per heavy atom. The largest absolute Gasteiger partial charge is 0.468 e. The number of carbonyl (C=O) groups excluding carboxylic acids is 1. The van der Waals surface area contributed by atoms with Crippen molar-refractivity contribution in [2.24, 2.45) is 0 Å². The lowest BCUT2D eigenvalue weighted by molar-refractivity contribution is 0.0123. The zero-order chi connectivity index (χ0) is 36.2. The zero-order valence-electron chi connectivity index (χ0n) is 30.3. The lowest BCUT2D eigenvalue weighted by Gasteiger charge is -2.42. The van der Waals surface area contributed by atoms with Gasteiger partial charge in [-0.1, -0.05) is 24.1 Å². The van der Waals surface area contributed by atoms with Crippen LogP contribution >= 0.6 is 0 Å². The molecule has 0 spiro atoms. The second-order valence-corrected chi connectivity index (χ2v) is 15.5. The van der Waals surface area contributed by atoms with Gasteiger partial charge in [0, 0.05) is 48.4 Å². The Bertz CT molecular complexity index is 2100. The van der Waals surface area contributed by atoms with Crippen molar-refractivity contribution in [1.29, 1.82) is 0 Å². The number of nitrogens with zero attached hydrogens (tertiary/aromatic N) is 6. The van der Waals surface area contributed by atoms with Crippen LogP contribution in [-0.2, 0) is 9.47 Å². The molecule has 8 rings (SSSR count). The smallest absolute Gasteiger partial charge is 0.410 e. The van der Waals surface area contributed by atoms with Crippen LogP contribution in [0, 0.1) is 18.2 Å². The number of terminal acetylenes is 1. The number of hydrogen-bond acceptors (Lipinski definition) is 9. The Morgan fingerprint density at radius 2 is 1.87 bits per heavy atom. The summed E-state index contributed by atoms with van der Waals surface area (Å²) in [4.78, 5) is 34.6. The molecular formula is C41H45FN6O4. The first-order chi connectivity index (χ1) is 25.1. The van der Waals surface area contributed by atoms with Gasteiger partial charge in [0.1, 0.15) is 28.4 Å². The van der Waals surface area contributed by atoms with Gasteiger partial charge >= 0.3 is 6.09 Å². The highest BCUT2D eigenvalue weighted by Crippen LogP contribution is 2.42. The van der Waals surface area contributed by atoms with Crippen molar-refractivity contribution in [3.8, 4) is 29.4 Å². The highest BCUT2D eigenvalue weighted by molar-refractivity contribution is 6.03. The Morgan fingerprint density at radius 1 is 1.12 bits per heavy atom. The van der Waals surface area contributed by atoms with Gasteiger partial charge in [-0.3, -0.25) is 14.8 Å². The molecule has 4 aromatic rings. The average molecular weight is 705 g/mol. The molecule has 0 aliphatic carbocycles. The van der Waals surface area contributed by atoms with Crippen LogP contribution in [0.4, 0.5) is 15.0 Å². The van der Waals surface area contributed by atoms with Gasteiger partial charge in [-0.15, -0.1) is 6.42 Å². The molecule has 0 saturated carbocycles. The number of rotatable bonds is 7. The number of fused-ring (bicyclic) bond motifs is 5. The lowest BCUT2D eigenvalue weighted by Crippen LogP contribution is -2.57. The molecule has 4 aliphatic heterocycles. The number of halogens is 1. The van der Waals surface area contributed by atoms with Gasteiger partial charge in [-0.25, -0.2) is 19.2 Å². The van der Waals surface area contributed by atoms with E-state index in [4.69, 9.17) is 35.6 Å². The Labute approximate surface area is 304 Å². The topological polar surface area (TPSA) is 93.2 Å². The van der Waals surface area contributed by atoms with E-state index in [2.05, 4.69) is 21.8 Å². The van der Waals surface area contributed by atoms with Gasteiger partial charge in [-0.2, -0.15) is 0 Å². The van der Waals surface area contributed by atoms with Crippen LogP contribution in [0.3, 0.4) is 0 Å². The molecule has 2 aromatic heterocycles. The maximum Gasteiger partial charge on any atom is 0.410 e. The van der Waals surface area contributed by atoms with E-state index in [0.29, 0.717) is 52.4 Å². The fraction of sp³-hybridized carbons (Fsp3) is 0.463. The molecule has 4 aliphatic rings. The molecule has 2 atom stereocenters. The third kappa shape index (κ3) is 6.11. The van der Waals surface area contributed by atoms with Gasteiger partial charge < -0.3 is 19.1 Å². The molecule has 1 amide bonds. The molecule has 270 valence electrons. The first-order valence-electron chi connectivity index (χ1n) is 18.3. The summed E-state index contributed by atoms with van der Waals surface area (Å²) < 4.78 is 34.1. The van der Waals surface area contributed by atoms with E-state index in [1.54, 1.807) is 19.4 Å². The van der Waals surface area contributed by atoms with Crippen molar-refractivity contribution in [3.63, 3.8) is 0 Å². The van der Waals surface area contributed by atoms with Crippen LogP contribution in [-0.4, -0.2) is 94.2 Å². The fourth-order valence-electron chi connectivity index (χ4n) is 8.82. The summed E-state index contributed by atoms with van der Waals surface area (Å²) in [5.74, 6) is 3.76. The van der Waals surface area contributed by atoms with Crippen molar-refractivity contribution < 1.29 is 23.4 Å². The molecule has 2 bridgehead atoms. The molecular weight excluding hydrogens is 659 g/mol. The minimum Gasteiger partial charge on any atom is -0.468 e. The van der Waals surface area contributed by atoms with Gasteiger partial charge in [0.25, 0.3) is 0 Å². The van der Waals surface area contributed by atoms with Crippen molar-refractivity contribution in [2.45, 2.75) is 82.5 Å². The highest BCUT2D eigenvalue weighted by atomic mass is 19.1. The zero-order valence-corrected chi connectivity index (χ0v) is 30.3. The Kier molecular flexibility index (Phi) is 8.79. The van der Waals surface area contributed by atoms with Crippen molar-refractivity contribution >= 4 is 39.7 Å². The van der Waals surface area contributed by atoms with E-state index in [9.17, 15) is 4.79 Å². The summed E-state index contributed by atoms with van der Waals surface area (Å²) in [6.45, 7) is 8.94. The van der Waals surface area contributed by atoms with E-state index in [-0.39, 0.29) is 41.7 Å². The first-order valence-corrected chi connectivity index (χ1v) is 18.3. The summed E-state index contributed by atoms with van der Waals surface area (Å²) >= 11 is 0. The molecule has 4 saturated heterocycles. The normalized spacial score (nSPS) is 21.3. The van der Waals surface area contributed by atoms with Crippen LogP contribution in [0.1, 0.15) is 70.7 Å². The lowest BCUT2D eigenvalue weighted by atomic mass is 9.93. The number of methoxy groups -OCH3 is 1. The fourth-order valence-corrected chi connectivity index (χ4v) is 8.82. The number of amides is 1. The van der Waals surface area contributed by atoms with Crippen molar-refractivity contribution in [1.82, 2.24) is 24.8 Å². The summed E-state index contributed by atoms with van der Waals surface area (Å²) in [6, 6.07) is 9.13. The number of pyridine rings is 1. The van der Waals surface area contributed by atoms with Crippen LogP contribution in [0.15, 0.2) is 42.6 Å². The molecule has 6 heterocycles. The van der Waals surface area contributed by atoms with E-state index in [1.807, 2.05) is 56.0 Å². The van der Waals surface area contributed by atoms with Crippen LogP contribution in [0.2, 0.25) is 0 Å². The molecule has 0 N–H and O–H groups in total. The monoisotopic (exact) mass is 704 g/mol. The minimum atomic E-state index is -0.589. The Balaban J connectivity index is 1.25. The summed E-state index contributed by atoms with van der Waals surface area (Å²) in [5.41, 5.74) is 0.825. The highest BCUT2D eigenvalue weighted by Gasteiger charge is 2.45. The predicted molar refractivity (Wildman–Crippen MR) is 200 cm³/mol. The molecule has 2 aromatic carbocycles. The number of piperazine rings is 1. The minimum absolute atomic E-state index is 0.00817. The number of hydrogen-bond donors (Lipinski definition) is 0.